The summed E-state index contributed by atoms with van der Waals surface area (Å²) in [5, 5.41) is 15.0. The van der Waals surface area contributed by atoms with E-state index in [-0.39, 0.29) is 0 Å². The highest BCUT2D eigenvalue weighted by molar-refractivity contribution is 5.79. The lowest BCUT2D eigenvalue weighted by atomic mass is 10.3. The Labute approximate surface area is 157 Å². The van der Waals surface area contributed by atoms with Crippen molar-refractivity contribution in [3.05, 3.63) is 66.5 Å². The van der Waals surface area contributed by atoms with Crippen molar-refractivity contribution < 1.29 is 0 Å². The zero-order chi connectivity index (χ0) is 18.5. The zero-order valence-corrected chi connectivity index (χ0v) is 15.2. The minimum Gasteiger partial charge on any atom is -0.357 e. The molecular weight excluding hydrogens is 340 g/mol. The molecule has 8 heteroatoms. The van der Waals surface area contributed by atoms with Crippen LogP contribution in [-0.4, -0.2) is 43.0 Å². The fourth-order valence-electron chi connectivity index (χ4n) is 2.91. The highest BCUT2D eigenvalue weighted by Crippen LogP contribution is 2.05. The molecule has 0 saturated heterocycles. The summed E-state index contributed by atoms with van der Waals surface area (Å²) < 4.78 is 3.98. The van der Waals surface area contributed by atoms with Gasteiger partial charge in [-0.2, -0.15) is 0 Å². The van der Waals surface area contributed by atoms with Gasteiger partial charge in [0.1, 0.15) is 12.2 Å². The van der Waals surface area contributed by atoms with E-state index in [9.17, 15) is 0 Å². The number of guanidine groups is 1. The fraction of sp³-hybridized carbons (Fsp3) is 0.263. The molecule has 8 nitrogen and oxygen atoms in total. The van der Waals surface area contributed by atoms with E-state index in [0.29, 0.717) is 6.54 Å². The van der Waals surface area contributed by atoms with Crippen LogP contribution in [0.1, 0.15) is 18.4 Å². The van der Waals surface area contributed by atoms with Crippen molar-refractivity contribution in [2.75, 3.05) is 13.1 Å². The molecule has 0 spiro atoms. The molecule has 4 rings (SSSR count). The molecule has 0 fully saturated rings. The quantitative estimate of drug-likeness (QED) is 0.403. The Hall–Kier alpha value is -3.42. The van der Waals surface area contributed by atoms with Crippen molar-refractivity contribution in [3.63, 3.8) is 0 Å². The normalized spacial score (nSPS) is 12.0. The Morgan fingerprint density at radius 3 is 2.74 bits per heavy atom. The van der Waals surface area contributed by atoms with E-state index in [1.165, 1.54) is 0 Å². The second-order valence-corrected chi connectivity index (χ2v) is 6.12. The Kier molecular flexibility index (Phi) is 4.95. The molecule has 0 aliphatic heterocycles. The topological polar surface area (TPSA) is 83.9 Å². The van der Waals surface area contributed by atoms with Crippen molar-refractivity contribution in [2.24, 2.45) is 4.99 Å². The van der Waals surface area contributed by atoms with Crippen LogP contribution in [0, 0.1) is 0 Å². The molecule has 0 unspecified atom stereocenters. The number of rotatable bonds is 6. The van der Waals surface area contributed by atoms with Crippen molar-refractivity contribution in [2.45, 2.75) is 19.9 Å². The lowest BCUT2D eigenvalue weighted by Crippen LogP contribution is -2.38. The van der Waals surface area contributed by atoms with Gasteiger partial charge < -0.3 is 15.0 Å². The van der Waals surface area contributed by atoms with Gasteiger partial charge in [0.15, 0.2) is 17.4 Å². The predicted molar refractivity (Wildman–Crippen MR) is 105 cm³/mol. The summed E-state index contributed by atoms with van der Waals surface area (Å²) in [4.78, 5) is 9.24. The van der Waals surface area contributed by atoms with E-state index in [1.807, 2.05) is 64.5 Å². The molecule has 0 bridgehead atoms. The number of fused-ring (bicyclic) bond motifs is 2. The molecule has 0 atom stereocenters. The predicted octanol–water partition coefficient (Wildman–Crippen LogP) is 1.67. The van der Waals surface area contributed by atoms with Crippen LogP contribution in [0.15, 0.2) is 60.0 Å². The smallest absolute Gasteiger partial charge is 0.191 e. The molecule has 27 heavy (non-hydrogen) atoms. The third-order valence-electron chi connectivity index (χ3n) is 4.19. The lowest BCUT2D eigenvalue weighted by Gasteiger charge is -2.10. The second kappa shape index (κ2) is 7.86. The van der Waals surface area contributed by atoms with Crippen LogP contribution in [0.5, 0.6) is 0 Å². The number of pyridine rings is 2. The SMILES string of the molecule is CCNC(=NCc1nnc2ccccn12)NCCc1cn2ccccc2n1. The first-order valence-electron chi connectivity index (χ1n) is 9.07. The van der Waals surface area contributed by atoms with Crippen LogP contribution in [0.3, 0.4) is 0 Å². The third-order valence-corrected chi connectivity index (χ3v) is 4.19. The lowest BCUT2D eigenvalue weighted by molar-refractivity contribution is 0.781. The first-order chi connectivity index (χ1) is 13.3. The maximum atomic E-state index is 4.63. The Bertz CT molecular complexity index is 1030. The van der Waals surface area contributed by atoms with E-state index in [1.54, 1.807) is 0 Å². The molecular formula is C19H22N8. The molecule has 0 amide bonds. The van der Waals surface area contributed by atoms with Crippen molar-refractivity contribution in [3.8, 4) is 0 Å². The Morgan fingerprint density at radius 2 is 1.89 bits per heavy atom. The van der Waals surface area contributed by atoms with E-state index in [2.05, 4.69) is 37.0 Å². The Morgan fingerprint density at radius 1 is 1.04 bits per heavy atom. The summed E-state index contributed by atoms with van der Waals surface area (Å²) >= 11 is 0. The van der Waals surface area contributed by atoms with Gasteiger partial charge in [0.2, 0.25) is 0 Å². The van der Waals surface area contributed by atoms with Crippen molar-refractivity contribution >= 4 is 17.3 Å². The first kappa shape index (κ1) is 17.0. The van der Waals surface area contributed by atoms with E-state index < -0.39 is 0 Å². The molecule has 4 aromatic rings. The van der Waals surface area contributed by atoms with Crippen LogP contribution in [-0.2, 0) is 13.0 Å². The average Bonchev–Trinajstić information content (AvgIpc) is 3.29. The average molecular weight is 362 g/mol. The summed E-state index contributed by atoms with van der Waals surface area (Å²) in [6, 6.07) is 11.8. The minimum atomic E-state index is 0.453. The Balaban J connectivity index is 1.39. The van der Waals surface area contributed by atoms with Crippen LogP contribution >= 0.6 is 0 Å². The summed E-state index contributed by atoms with van der Waals surface area (Å²) in [5.41, 5.74) is 2.84. The molecule has 4 heterocycles. The molecule has 0 aliphatic carbocycles. The van der Waals surface area contributed by atoms with Crippen LogP contribution < -0.4 is 10.6 Å². The highest BCUT2D eigenvalue weighted by atomic mass is 15.3. The van der Waals surface area contributed by atoms with Gasteiger partial charge in [0, 0.05) is 38.1 Å². The van der Waals surface area contributed by atoms with E-state index >= 15 is 0 Å². The maximum Gasteiger partial charge on any atom is 0.191 e. The van der Waals surface area contributed by atoms with Gasteiger partial charge in [-0.1, -0.05) is 12.1 Å². The number of hydrogen-bond acceptors (Lipinski definition) is 4. The minimum absolute atomic E-state index is 0.453. The molecule has 0 aromatic carbocycles. The van der Waals surface area contributed by atoms with Gasteiger partial charge in [-0.05, 0) is 31.2 Å². The van der Waals surface area contributed by atoms with Crippen LogP contribution in [0.2, 0.25) is 0 Å². The van der Waals surface area contributed by atoms with Gasteiger partial charge in [-0.25, -0.2) is 9.98 Å². The summed E-state index contributed by atoms with van der Waals surface area (Å²) in [5.74, 6) is 1.57. The molecule has 0 aliphatic rings. The first-order valence-corrected chi connectivity index (χ1v) is 9.07. The summed E-state index contributed by atoms with van der Waals surface area (Å²) in [6.45, 7) is 4.04. The van der Waals surface area contributed by atoms with Crippen molar-refractivity contribution in [1.29, 1.82) is 0 Å². The van der Waals surface area contributed by atoms with Gasteiger partial charge >= 0.3 is 0 Å². The number of nitrogens with one attached hydrogen (secondary N) is 2. The second-order valence-electron chi connectivity index (χ2n) is 6.12. The maximum absolute atomic E-state index is 4.63. The van der Waals surface area contributed by atoms with E-state index in [0.717, 1.165) is 48.3 Å². The van der Waals surface area contributed by atoms with Crippen LogP contribution in [0.25, 0.3) is 11.3 Å². The number of aromatic nitrogens is 5. The van der Waals surface area contributed by atoms with Gasteiger partial charge in [0.05, 0.1) is 5.69 Å². The van der Waals surface area contributed by atoms with Gasteiger partial charge in [-0.3, -0.25) is 4.40 Å². The summed E-state index contributed by atoms with van der Waals surface area (Å²) in [6.07, 6.45) is 6.83. The largest absolute Gasteiger partial charge is 0.357 e. The highest BCUT2D eigenvalue weighted by Gasteiger charge is 2.05. The molecule has 2 N–H and O–H groups in total. The van der Waals surface area contributed by atoms with Crippen molar-refractivity contribution in [1.82, 2.24) is 34.6 Å². The summed E-state index contributed by atoms with van der Waals surface area (Å²) in [7, 11) is 0. The van der Waals surface area contributed by atoms with E-state index in [4.69, 9.17) is 0 Å². The number of aliphatic imine (C=N–C) groups is 1. The molecule has 0 radical (unpaired) electrons. The standard InChI is InChI=1S/C19H22N8/c1-2-20-19(22-13-18-25-24-17-8-4-6-12-27(17)18)21-10-9-15-14-26-11-5-3-7-16(26)23-15/h3-8,11-12,14H,2,9-10,13H2,1H3,(H2,20,21,22). The number of hydrogen-bond donors (Lipinski definition) is 2. The van der Waals surface area contributed by atoms with Crippen LogP contribution in [0.4, 0.5) is 0 Å². The fourth-order valence-corrected chi connectivity index (χ4v) is 2.91. The number of nitrogens with zero attached hydrogens (tertiary/aromatic N) is 6. The third kappa shape index (κ3) is 3.89. The zero-order valence-electron chi connectivity index (χ0n) is 15.2. The van der Waals surface area contributed by atoms with Gasteiger partial charge in [-0.15, -0.1) is 10.2 Å². The number of imidazole rings is 1. The monoisotopic (exact) mass is 362 g/mol. The van der Waals surface area contributed by atoms with Gasteiger partial charge in [0.25, 0.3) is 0 Å². The molecule has 138 valence electrons. The molecule has 4 aromatic heterocycles. The molecule has 0 saturated carbocycles.